The van der Waals surface area contributed by atoms with Gasteiger partial charge in [-0.25, -0.2) is 9.59 Å². The van der Waals surface area contributed by atoms with E-state index < -0.39 is 11.9 Å². The van der Waals surface area contributed by atoms with Crippen molar-refractivity contribution in [3.8, 4) is 0 Å². The van der Waals surface area contributed by atoms with Crippen molar-refractivity contribution in [1.82, 2.24) is 4.90 Å². The van der Waals surface area contributed by atoms with Crippen LogP contribution in [0.5, 0.6) is 0 Å². The third-order valence-corrected chi connectivity index (χ3v) is 2.20. The van der Waals surface area contributed by atoms with Crippen LogP contribution in [0, 0.1) is 0 Å². The summed E-state index contributed by atoms with van der Waals surface area (Å²) in [6.07, 6.45) is 1.81. The maximum absolute atomic E-state index is 11.5. The summed E-state index contributed by atoms with van der Waals surface area (Å²) in [7, 11) is 6.16. The SMILES string of the molecule is COC(=O)C(C(=O)OC)=C(C)/C(C)=C/N(C)C. The zero-order chi connectivity index (χ0) is 13.6. The van der Waals surface area contributed by atoms with Crippen LogP contribution in [0.4, 0.5) is 0 Å². The minimum absolute atomic E-state index is 0.0781. The van der Waals surface area contributed by atoms with Gasteiger partial charge in [0, 0.05) is 20.3 Å². The Hall–Kier alpha value is -1.78. The molecule has 5 heteroatoms. The topological polar surface area (TPSA) is 55.8 Å². The second-order valence-electron chi connectivity index (χ2n) is 3.76. The number of methoxy groups -OCH3 is 2. The summed E-state index contributed by atoms with van der Waals surface area (Å²) in [5, 5.41) is 0. The van der Waals surface area contributed by atoms with E-state index in [0.717, 1.165) is 5.57 Å². The lowest BCUT2D eigenvalue weighted by Gasteiger charge is -2.12. The molecule has 0 aliphatic heterocycles. The minimum atomic E-state index is -0.694. The predicted molar refractivity (Wildman–Crippen MR) is 64.2 cm³/mol. The van der Waals surface area contributed by atoms with Gasteiger partial charge >= 0.3 is 11.9 Å². The van der Waals surface area contributed by atoms with E-state index in [1.807, 2.05) is 19.0 Å². The summed E-state index contributed by atoms with van der Waals surface area (Å²) in [5.74, 6) is -1.39. The molecule has 0 saturated heterocycles. The first-order valence-electron chi connectivity index (χ1n) is 5.07. The Labute approximate surface area is 102 Å². The molecule has 0 unspecified atom stereocenters. The van der Waals surface area contributed by atoms with Gasteiger partial charge in [0.1, 0.15) is 5.57 Å². The van der Waals surface area contributed by atoms with Crippen molar-refractivity contribution in [2.75, 3.05) is 28.3 Å². The lowest BCUT2D eigenvalue weighted by Crippen LogP contribution is -2.18. The molecular formula is C12H19NO4. The summed E-state index contributed by atoms with van der Waals surface area (Å²) in [6.45, 7) is 3.49. The Morgan fingerprint density at radius 1 is 1.00 bits per heavy atom. The molecule has 0 aromatic rings. The molecule has 0 aliphatic carbocycles. The van der Waals surface area contributed by atoms with Crippen LogP contribution < -0.4 is 0 Å². The fourth-order valence-electron chi connectivity index (χ4n) is 1.27. The number of ether oxygens (including phenoxy) is 2. The van der Waals surface area contributed by atoms with Crippen molar-refractivity contribution in [3.05, 3.63) is 22.9 Å². The lowest BCUT2D eigenvalue weighted by molar-refractivity contribution is -0.144. The van der Waals surface area contributed by atoms with Crippen molar-refractivity contribution in [2.24, 2.45) is 0 Å². The van der Waals surface area contributed by atoms with E-state index in [1.165, 1.54) is 14.2 Å². The number of nitrogens with zero attached hydrogens (tertiary/aromatic N) is 1. The molecule has 17 heavy (non-hydrogen) atoms. The molecule has 0 radical (unpaired) electrons. The Balaban J connectivity index is 5.54. The molecule has 0 amide bonds. The summed E-state index contributed by atoms with van der Waals surface area (Å²) in [5.41, 5.74) is 1.25. The van der Waals surface area contributed by atoms with Gasteiger partial charge in [-0.05, 0) is 25.0 Å². The first-order chi connectivity index (χ1) is 7.84. The maximum Gasteiger partial charge on any atom is 0.345 e. The van der Waals surface area contributed by atoms with Gasteiger partial charge in [0.25, 0.3) is 0 Å². The van der Waals surface area contributed by atoms with Crippen molar-refractivity contribution in [3.63, 3.8) is 0 Å². The molecule has 0 bridgehead atoms. The average molecular weight is 241 g/mol. The fourth-order valence-corrected chi connectivity index (χ4v) is 1.27. The zero-order valence-corrected chi connectivity index (χ0v) is 11.2. The zero-order valence-electron chi connectivity index (χ0n) is 11.2. The molecule has 0 N–H and O–H groups in total. The van der Waals surface area contributed by atoms with E-state index in [4.69, 9.17) is 0 Å². The van der Waals surface area contributed by atoms with Crippen LogP contribution in [0.2, 0.25) is 0 Å². The number of esters is 2. The van der Waals surface area contributed by atoms with Crippen LogP contribution >= 0.6 is 0 Å². The second-order valence-corrected chi connectivity index (χ2v) is 3.76. The first kappa shape index (κ1) is 15.2. The van der Waals surface area contributed by atoms with E-state index in [1.54, 1.807) is 20.0 Å². The molecule has 0 saturated carbocycles. The van der Waals surface area contributed by atoms with Crippen LogP contribution in [-0.2, 0) is 19.1 Å². The number of rotatable bonds is 4. The van der Waals surface area contributed by atoms with Crippen LogP contribution in [0.3, 0.4) is 0 Å². The molecule has 0 heterocycles. The molecule has 96 valence electrons. The number of hydrogen-bond acceptors (Lipinski definition) is 5. The predicted octanol–water partition coefficient (Wildman–Crippen LogP) is 1.11. The van der Waals surface area contributed by atoms with Gasteiger partial charge in [-0.15, -0.1) is 0 Å². The van der Waals surface area contributed by atoms with Crippen LogP contribution in [-0.4, -0.2) is 45.2 Å². The summed E-state index contributed by atoms with van der Waals surface area (Å²) in [6, 6.07) is 0. The summed E-state index contributed by atoms with van der Waals surface area (Å²) in [4.78, 5) is 24.9. The molecule has 0 spiro atoms. The average Bonchev–Trinajstić information content (AvgIpc) is 2.27. The second kappa shape index (κ2) is 6.73. The highest BCUT2D eigenvalue weighted by Gasteiger charge is 2.23. The van der Waals surface area contributed by atoms with Crippen molar-refractivity contribution >= 4 is 11.9 Å². The highest BCUT2D eigenvalue weighted by Crippen LogP contribution is 2.16. The van der Waals surface area contributed by atoms with Crippen molar-refractivity contribution < 1.29 is 19.1 Å². The fraction of sp³-hybridized carbons (Fsp3) is 0.500. The number of carbonyl (C=O) groups excluding carboxylic acids is 2. The number of carbonyl (C=O) groups is 2. The van der Waals surface area contributed by atoms with Gasteiger partial charge in [0.15, 0.2) is 0 Å². The van der Waals surface area contributed by atoms with Crippen molar-refractivity contribution in [1.29, 1.82) is 0 Å². The van der Waals surface area contributed by atoms with E-state index in [-0.39, 0.29) is 5.57 Å². The number of allylic oxidation sites excluding steroid dienone is 2. The van der Waals surface area contributed by atoms with Gasteiger partial charge in [0.05, 0.1) is 14.2 Å². The molecule has 5 nitrogen and oxygen atoms in total. The van der Waals surface area contributed by atoms with Crippen LogP contribution in [0.1, 0.15) is 13.8 Å². The Morgan fingerprint density at radius 3 is 1.71 bits per heavy atom. The van der Waals surface area contributed by atoms with E-state index >= 15 is 0 Å². The van der Waals surface area contributed by atoms with Gasteiger partial charge in [-0.1, -0.05) is 0 Å². The van der Waals surface area contributed by atoms with E-state index in [2.05, 4.69) is 9.47 Å². The third kappa shape index (κ3) is 4.30. The normalized spacial score (nSPS) is 10.6. The summed E-state index contributed by atoms with van der Waals surface area (Å²) >= 11 is 0. The van der Waals surface area contributed by atoms with Crippen LogP contribution in [0.25, 0.3) is 0 Å². The Kier molecular flexibility index (Phi) is 6.02. The summed E-state index contributed by atoms with van der Waals surface area (Å²) < 4.78 is 9.15. The molecule has 0 aromatic carbocycles. The van der Waals surface area contributed by atoms with E-state index in [9.17, 15) is 9.59 Å². The maximum atomic E-state index is 11.5. The van der Waals surface area contributed by atoms with Crippen LogP contribution in [0.15, 0.2) is 22.9 Å². The van der Waals surface area contributed by atoms with Gasteiger partial charge in [0.2, 0.25) is 0 Å². The Morgan fingerprint density at radius 2 is 1.41 bits per heavy atom. The van der Waals surface area contributed by atoms with Gasteiger partial charge < -0.3 is 14.4 Å². The number of hydrogen-bond donors (Lipinski definition) is 0. The Bertz CT molecular complexity index is 349. The highest BCUT2D eigenvalue weighted by atomic mass is 16.5. The standard InChI is InChI=1S/C12H19NO4/c1-8(7-13(3)4)9(2)10(11(14)16-5)12(15)17-6/h7H,1-6H3/b8-7+. The molecule has 0 atom stereocenters. The third-order valence-electron chi connectivity index (χ3n) is 2.20. The lowest BCUT2D eigenvalue weighted by atomic mass is 10.0. The van der Waals surface area contributed by atoms with E-state index in [0.29, 0.717) is 5.57 Å². The molecular weight excluding hydrogens is 222 g/mol. The van der Waals surface area contributed by atoms with Crippen molar-refractivity contribution in [2.45, 2.75) is 13.8 Å². The molecule has 0 aromatic heterocycles. The quantitative estimate of drug-likeness (QED) is 0.243. The molecule has 0 fully saturated rings. The smallest absolute Gasteiger partial charge is 0.345 e. The minimum Gasteiger partial charge on any atom is -0.465 e. The molecule has 0 aliphatic rings. The monoisotopic (exact) mass is 241 g/mol. The first-order valence-corrected chi connectivity index (χ1v) is 5.07. The van der Waals surface area contributed by atoms with Gasteiger partial charge in [-0.3, -0.25) is 0 Å². The largest absolute Gasteiger partial charge is 0.465 e. The van der Waals surface area contributed by atoms with Gasteiger partial charge in [-0.2, -0.15) is 0 Å². The highest BCUT2D eigenvalue weighted by molar-refractivity contribution is 6.15. The molecule has 0 rings (SSSR count).